The first kappa shape index (κ1) is 26.5. The zero-order valence-corrected chi connectivity index (χ0v) is 21.5. The third kappa shape index (κ3) is 6.53. The average Bonchev–Trinajstić information content (AvgIpc) is 3.27. The summed E-state index contributed by atoms with van der Waals surface area (Å²) in [4.78, 5) is 37.0. The van der Waals surface area contributed by atoms with Crippen molar-refractivity contribution in [3.05, 3.63) is 69.5 Å². The molecule has 1 heterocycles. The predicted molar refractivity (Wildman–Crippen MR) is 135 cm³/mol. The Kier molecular flexibility index (Phi) is 9.13. The molecule has 0 unspecified atom stereocenters. The van der Waals surface area contributed by atoms with Gasteiger partial charge < -0.3 is 19.9 Å². The molecule has 0 fully saturated rings. The number of methoxy groups -OCH3 is 1. The number of anilines is 1. The van der Waals surface area contributed by atoms with Gasteiger partial charge in [-0.2, -0.15) is 0 Å². The number of rotatable bonds is 9. The molecule has 3 rings (SSSR count). The molecule has 2 N–H and O–H groups in total. The van der Waals surface area contributed by atoms with Gasteiger partial charge in [0, 0.05) is 12.1 Å². The zero-order chi connectivity index (χ0) is 25.5. The van der Waals surface area contributed by atoms with Crippen LogP contribution in [-0.2, 0) is 16.1 Å². The number of amides is 2. The third-order valence-electron chi connectivity index (χ3n) is 4.92. The van der Waals surface area contributed by atoms with Gasteiger partial charge in [-0.15, -0.1) is 10.2 Å². The van der Waals surface area contributed by atoms with E-state index in [4.69, 9.17) is 27.9 Å². The van der Waals surface area contributed by atoms with Crippen LogP contribution in [0, 0.1) is 0 Å². The topological polar surface area (TPSA) is 115 Å². The van der Waals surface area contributed by atoms with Crippen molar-refractivity contribution in [2.45, 2.75) is 31.6 Å². The smallest absolute Gasteiger partial charge is 0.339 e. The maximum absolute atomic E-state index is 12.6. The molecule has 0 radical (unpaired) electrons. The summed E-state index contributed by atoms with van der Waals surface area (Å²) in [7, 11) is 1.28. The number of ether oxygens (including phenoxy) is 1. The summed E-state index contributed by atoms with van der Waals surface area (Å²) < 4.78 is 6.57. The van der Waals surface area contributed by atoms with Crippen LogP contribution >= 0.6 is 35.0 Å². The van der Waals surface area contributed by atoms with Gasteiger partial charge in [0.25, 0.3) is 5.91 Å². The van der Waals surface area contributed by atoms with E-state index in [-0.39, 0.29) is 28.2 Å². The number of halogens is 2. The van der Waals surface area contributed by atoms with Gasteiger partial charge in [0.05, 0.1) is 40.2 Å². The Bertz CT molecular complexity index is 1250. The molecule has 35 heavy (non-hydrogen) atoms. The molecule has 184 valence electrons. The Labute approximate surface area is 216 Å². The summed E-state index contributed by atoms with van der Waals surface area (Å²) in [5.74, 6) is -0.614. The van der Waals surface area contributed by atoms with Crippen molar-refractivity contribution in [1.82, 2.24) is 20.1 Å². The molecule has 0 aliphatic carbocycles. The first-order valence-electron chi connectivity index (χ1n) is 10.5. The van der Waals surface area contributed by atoms with Crippen LogP contribution in [0.3, 0.4) is 0 Å². The van der Waals surface area contributed by atoms with E-state index in [1.165, 1.54) is 24.9 Å². The molecule has 0 saturated carbocycles. The molecule has 12 heteroatoms. The fourth-order valence-corrected chi connectivity index (χ4v) is 4.31. The second kappa shape index (κ2) is 12.1. The third-order valence-corrected chi connectivity index (χ3v) is 6.62. The quantitative estimate of drug-likeness (QED) is 0.303. The second-order valence-corrected chi connectivity index (χ2v) is 9.04. The molecular formula is C23H23Cl2N5O4S. The SMILES string of the molecule is CCn1c(SCC(=O)Nc2ccccc2C(=O)OC)nnc1[C@@H](C)NC(=O)c1ccc(Cl)c(Cl)c1. The fourth-order valence-electron chi connectivity index (χ4n) is 3.20. The Morgan fingerprint density at radius 1 is 1.11 bits per heavy atom. The van der Waals surface area contributed by atoms with Crippen molar-refractivity contribution in [3.63, 3.8) is 0 Å². The highest BCUT2D eigenvalue weighted by atomic mass is 35.5. The number of hydrogen-bond acceptors (Lipinski definition) is 7. The number of nitrogens with zero attached hydrogens (tertiary/aromatic N) is 3. The maximum Gasteiger partial charge on any atom is 0.339 e. The number of esters is 1. The van der Waals surface area contributed by atoms with Crippen molar-refractivity contribution in [2.75, 3.05) is 18.2 Å². The van der Waals surface area contributed by atoms with Crippen LogP contribution in [0.2, 0.25) is 10.0 Å². The standard InChI is InChI=1S/C23H23Cl2N5O4S/c1-4-30-20(13(2)26-21(32)14-9-10-16(24)17(25)11-14)28-29-23(30)35-12-19(31)27-18-8-6-5-7-15(18)22(33)34-3/h5-11,13H,4,12H2,1-3H3,(H,26,32)(H,27,31)/t13-/m1/s1. The fraction of sp³-hybridized carbons (Fsp3) is 0.261. The summed E-state index contributed by atoms with van der Waals surface area (Å²) in [6.07, 6.45) is 0. The van der Waals surface area contributed by atoms with Crippen LogP contribution in [0.4, 0.5) is 5.69 Å². The van der Waals surface area contributed by atoms with E-state index in [0.717, 1.165) is 0 Å². The highest BCUT2D eigenvalue weighted by Crippen LogP contribution is 2.24. The van der Waals surface area contributed by atoms with Crippen LogP contribution in [0.5, 0.6) is 0 Å². The van der Waals surface area contributed by atoms with Crippen molar-refractivity contribution >= 4 is 58.4 Å². The van der Waals surface area contributed by atoms with Gasteiger partial charge in [-0.1, -0.05) is 47.1 Å². The van der Waals surface area contributed by atoms with E-state index in [0.29, 0.717) is 33.8 Å². The van der Waals surface area contributed by atoms with Gasteiger partial charge in [-0.25, -0.2) is 4.79 Å². The lowest BCUT2D eigenvalue weighted by Gasteiger charge is -2.15. The summed E-state index contributed by atoms with van der Waals surface area (Å²) in [5, 5.41) is 15.2. The minimum absolute atomic E-state index is 0.0393. The Morgan fingerprint density at radius 3 is 2.54 bits per heavy atom. The molecule has 0 aliphatic heterocycles. The van der Waals surface area contributed by atoms with Gasteiger partial charge in [0.1, 0.15) is 0 Å². The van der Waals surface area contributed by atoms with E-state index < -0.39 is 12.0 Å². The van der Waals surface area contributed by atoms with E-state index in [2.05, 4.69) is 20.8 Å². The predicted octanol–water partition coefficient (Wildman–Crippen LogP) is 4.61. The molecular weight excluding hydrogens is 513 g/mol. The number of para-hydroxylation sites is 1. The van der Waals surface area contributed by atoms with Gasteiger partial charge in [-0.3, -0.25) is 9.59 Å². The maximum atomic E-state index is 12.6. The number of carbonyl (C=O) groups excluding carboxylic acids is 3. The van der Waals surface area contributed by atoms with E-state index >= 15 is 0 Å². The normalized spacial score (nSPS) is 11.6. The number of aromatic nitrogens is 3. The largest absolute Gasteiger partial charge is 0.465 e. The van der Waals surface area contributed by atoms with Gasteiger partial charge >= 0.3 is 5.97 Å². The lowest BCUT2D eigenvalue weighted by atomic mass is 10.2. The van der Waals surface area contributed by atoms with Gasteiger partial charge in [0.2, 0.25) is 5.91 Å². The molecule has 9 nitrogen and oxygen atoms in total. The Balaban J connectivity index is 1.65. The average molecular weight is 536 g/mol. The van der Waals surface area contributed by atoms with Crippen LogP contribution in [0.25, 0.3) is 0 Å². The Morgan fingerprint density at radius 2 is 1.86 bits per heavy atom. The van der Waals surface area contributed by atoms with Crippen molar-refractivity contribution in [3.8, 4) is 0 Å². The highest BCUT2D eigenvalue weighted by Gasteiger charge is 2.21. The highest BCUT2D eigenvalue weighted by molar-refractivity contribution is 7.99. The molecule has 0 saturated heterocycles. The van der Waals surface area contributed by atoms with Crippen LogP contribution in [0.15, 0.2) is 47.6 Å². The van der Waals surface area contributed by atoms with Crippen molar-refractivity contribution in [1.29, 1.82) is 0 Å². The van der Waals surface area contributed by atoms with E-state index in [9.17, 15) is 14.4 Å². The van der Waals surface area contributed by atoms with Gasteiger partial charge in [-0.05, 0) is 44.2 Å². The molecule has 3 aromatic rings. The Hall–Kier alpha value is -3.08. The minimum atomic E-state index is -0.541. The molecule has 0 bridgehead atoms. The summed E-state index contributed by atoms with van der Waals surface area (Å²) in [6.45, 7) is 4.23. The molecule has 0 spiro atoms. The summed E-state index contributed by atoms with van der Waals surface area (Å²) in [6, 6.07) is 10.8. The number of nitrogens with one attached hydrogen (secondary N) is 2. The van der Waals surface area contributed by atoms with E-state index in [1.807, 2.05) is 11.5 Å². The summed E-state index contributed by atoms with van der Waals surface area (Å²) >= 11 is 13.1. The monoisotopic (exact) mass is 535 g/mol. The van der Waals surface area contributed by atoms with Crippen LogP contribution < -0.4 is 10.6 Å². The van der Waals surface area contributed by atoms with E-state index in [1.54, 1.807) is 43.3 Å². The minimum Gasteiger partial charge on any atom is -0.465 e. The lowest BCUT2D eigenvalue weighted by molar-refractivity contribution is -0.113. The summed E-state index contributed by atoms with van der Waals surface area (Å²) in [5.41, 5.74) is 0.993. The van der Waals surface area contributed by atoms with Crippen molar-refractivity contribution in [2.24, 2.45) is 0 Å². The molecule has 2 aromatic carbocycles. The molecule has 0 aliphatic rings. The number of carbonyl (C=O) groups is 3. The van der Waals surface area contributed by atoms with Crippen molar-refractivity contribution < 1.29 is 19.1 Å². The van der Waals surface area contributed by atoms with Crippen LogP contribution in [-0.4, -0.2) is 45.4 Å². The lowest BCUT2D eigenvalue weighted by Crippen LogP contribution is -2.28. The first-order chi connectivity index (χ1) is 16.7. The molecule has 2 amide bonds. The van der Waals surface area contributed by atoms with Crippen LogP contribution in [0.1, 0.15) is 46.4 Å². The number of hydrogen-bond donors (Lipinski definition) is 2. The molecule has 1 aromatic heterocycles. The molecule has 1 atom stereocenters. The zero-order valence-electron chi connectivity index (χ0n) is 19.2. The number of thioether (sulfide) groups is 1. The first-order valence-corrected chi connectivity index (χ1v) is 12.3. The van der Waals surface area contributed by atoms with Gasteiger partial charge in [0.15, 0.2) is 11.0 Å². The second-order valence-electron chi connectivity index (χ2n) is 7.28. The number of benzene rings is 2.